The van der Waals surface area contributed by atoms with Crippen molar-refractivity contribution in [2.75, 3.05) is 11.9 Å². The third-order valence-corrected chi connectivity index (χ3v) is 3.15. The van der Waals surface area contributed by atoms with Crippen molar-refractivity contribution in [2.24, 2.45) is 0 Å². The molecule has 2 aromatic rings. The first-order valence-corrected chi connectivity index (χ1v) is 6.85. The largest absolute Gasteiger partial charge is 0.494 e. The minimum Gasteiger partial charge on any atom is -0.494 e. The van der Waals surface area contributed by atoms with Gasteiger partial charge >= 0.3 is 0 Å². The third kappa shape index (κ3) is 3.65. The lowest BCUT2D eigenvalue weighted by Gasteiger charge is -2.08. The van der Waals surface area contributed by atoms with E-state index in [1.54, 1.807) is 42.5 Å². The Bertz CT molecular complexity index is 612. The van der Waals surface area contributed by atoms with Gasteiger partial charge in [0.1, 0.15) is 5.75 Å². The summed E-state index contributed by atoms with van der Waals surface area (Å²) in [5.41, 5.74) is 1.05. The second kappa shape index (κ2) is 6.64. The van der Waals surface area contributed by atoms with Crippen LogP contribution in [0.3, 0.4) is 0 Å². The number of hydrogen-bond acceptors (Lipinski definition) is 2. The van der Waals surface area contributed by atoms with E-state index in [0.29, 0.717) is 27.9 Å². The molecule has 0 unspecified atom stereocenters. The van der Waals surface area contributed by atoms with Crippen LogP contribution in [-0.4, -0.2) is 12.5 Å². The molecule has 1 amide bonds. The van der Waals surface area contributed by atoms with Crippen molar-refractivity contribution in [3.8, 4) is 5.75 Å². The summed E-state index contributed by atoms with van der Waals surface area (Å²) in [4.78, 5) is 12.1. The van der Waals surface area contributed by atoms with Crippen LogP contribution in [0.15, 0.2) is 42.5 Å². The van der Waals surface area contributed by atoms with Gasteiger partial charge in [0.25, 0.3) is 5.91 Å². The molecule has 104 valence electrons. The molecule has 5 heteroatoms. The lowest BCUT2D eigenvalue weighted by atomic mass is 10.2. The van der Waals surface area contributed by atoms with Crippen LogP contribution in [0.5, 0.6) is 5.75 Å². The van der Waals surface area contributed by atoms with E-state index in [1.807, 2.05) is 6.92 Å². The van der Waals surface area contributed by atoms with Gasteiger partial charge in [-0.15, -0.1) is 0 Å². The van der Waals surface area contributed by atoms with Gasteiger partial charge in [-0.3, -0.25) is 4.79 Å². The Morgan fingerprint density at radius 1 is 1.15 bits per heavy atom. The van der Waals surface area contributed by atoms with Crippen LogP contribution in [-0.2, 0) is 0 Å². The van der Waals surface area contributed by atoms with E-state index < -0.39 is 0 Å². The van der Waals surface area contributed by atoms with Gasteiger partial charge in [0.2, 0.25) is 0 Å². The average molecular weight is 310 g/mol. The van der Waals surface area contributed by atoms with Gasteiger partial charge in [0.15, 0.2) is 0 Å². The Labute approximate surface area is 127 Å². The zero-order valence-corrected chi connectivity index (χ0v) is 12.3. The molecular formula is C15H13Cl2NO2. The molecule has 0 aromatic heterocycles. The van der Waals surface area contributed by atoms with Crippen molar-refractivity contribution in [1.82, 2.24) is 0 Å². The molecule has 0 fully saturated rings. The molecule has 0 heterocycles. The normalized spacial score (nSPS) is 10.2. The number of carbonyl (C=O) groups excluding carboxylic acids is 1. The van der Waals surface area contributed by atoms with Gasteiger partial charge in [-0.1, -0.05) is 23.2 Å². The van der Waals surface area contributed by atoms with Crippen LogP contribution in [0.1, 0.15) is 17.3 Å². The number of nitrogens with one attached hydrogen (secondary N) is 1. The first-order valence-electron chi connectivity index (χ1n) is 6.09. The molecule has 2 aromatic carbocycles. The smallest absolute Gasteiger partial charge is 0.255 e. The maximum atomic E-state index is 12.1. The van der Waals surface area contributed by atoms with Crippen molar-refractivity contribution in [3.63, 3.8) is 0 Å². The van der Waals surface area contributed by atoms with Crippen molar-refractivity contribution >= 4 is 34.8 Å². The van der Waals surface area contributed by atoms with Crippen LogP contribution in [0.25, 0.3) is 0 Å². The van der Waals surface area contributed by atoms with Gasteiger partial charge in [-0.2, -0.15) is 0 Å². The Morgan fingerprint density at radius 3 is 2.45 bits per heavy atom. The van der Waals surface area contributed by atoms with Crippen molar-refractivity contribution < 1.29 is 9.53 Å². The lowest BCUT2D eigenvalue weighted by molar-refractivity contribution is 0.102. The molecule has 3 nitrogen and oxygen atoms in total. The standard InChI is InChI=1S/C15H13Cl2NO2/c1-2-20-12-6-3-10(4-7-12)15(19)18-14-8-5-11(16)9-13(14)17/h3-9H,2H2,1H3,(H,18,19). The fourth-order valence-electron chi connectivity index (χ4n) is 1.65. The number of benzene rings is 2. The molecule has 0 aliphatic carbocycles. The van der Waals surface area contributed by atoms with E-state index in [1.165, 1.54) is 0 Å². The van der Waals surface area contributed by atoms with E-state index in [2.05, 4.69) is 5.32 Å². The van der Waals surface area contributed by atoms with E-state index in [4.69, 9.17) is 27.9 Å². The van der Waals surface area contributed by atoms with Crippen molar-refractivity contribution in [3.05, 3.63) is 58.1 Å². The van der Waals surface area contributed by atoms with Crippen LogP contribution >= 0.6 is 23.2 Å². The molecule has 0 aliphatic rings. The highest BCUT2D eigenvalue weighted by molar-refractivity contribution is 6.36. The van der Waals surface area contributed by atoms with E-state index in [9.17, 15) is 4.79 Å². The SMILES string of the molecule is CCOc1ccc(C(=O)Nc2ccc(Cl)cc2Cl)cc1. The third-order valence-electron chi connectivity index (χ3n) is 2.61. The molecule has 0 radical (unpaired) electrons. The highest BCUT2D eigenvalue weighted by atomic mass is 35.5. The van der Waals surface area contributed by atoms with Crippen LogP contribution in [0.4, 0.5) is 5.69 Å². The Hall–Kier alpha value is -1.71. The summed E-state index contributed by atoms with van der Waals surface area (Å²) in [6, 6.07) is 11.8. The predicted molar refractivity (Wildman–Crippen MR) is 82.0 cm³/mol. The summed E-state index contributed by atoms with van der Waals surface area (Å²) in [6.45, 7) is 2.50. The molecule has 0 atom stereocenters. The van der Waals surface area contributed by atoms with E-state index in [-0.39, 0.29) is 5.91 Å². The number of halogens is 2. The highest BCUT2D eigenvalue weighted by Crippen LogP contribution is 2.26. The number of ether oxygens (including phenoxy) is 1. The van der Waals surface area contributed by atoms with Crippen molar-refractivity contribution in [1.29, 1.82) is 0 Å². The van der Waals surface area contributed by atoms with Gasteiger partial charge in [0.05, 0.1) is 17.3 Å². The van der Waals surface area contributed by atoms with Gasteiger partial charge in [-0.05, 0) is 49.4 Å². The van der Waals surface area contributed by atoms with Crippen LogP contribution in [0, 0.1) is 0 Å². The molecule has 0 saturated heterocycles. The summed E-state index contributed by atoms with van der Waals surface area (Å²) in [6.07, 6.45) is 0. The average Bonchev–Trinajstić information content (AvgIpc) is 2.43. The van der Waals surface area contributed by atoms with Crippen molar-refractivity contribution in [2.45, 2.75) is 6.92 Å². The van der Waals surface area contributed by atoms with E-state index in [0.717, 1.165) is 5.75 Å². The molecule has 0 aliphatic heterocycles. The Balaban J connectivity index is 2.11. The molecule has 0 bridgehead atoms. The topological polar surface area (TPSA) is 38.3 Å². The number of rotatable bonds is 4. The first kappa shape index (κ1) is 14.7. The van der Waals surface area contributed by atoms with Crippen LogP contribution in [0.2, 0.25) is 10.0 Å². The fourth-order valence-corrected chi connectivity index (χ4v) is 2.11. The second-order valence-electron chi connectivity index (χ2n) is 4.04. The summed E-state index contributed by atoms with van der Waals surface area (Å²) in [7, 11) is 0. The summed E-state index contributed by atoms with van der Waals surface area (Å²) in [5.74, 6) is 0.492. The lowest BCUT2D eigenvalue weighted by Crippen LogP contribution is -2.12. The number of amides is 1. The van der Waals surface area contributed by atoms with Crippen LogP contribution < -0.4 is 10.1 Å². The monoisotopic (exact) mass is 309 g/mol. The summed E-state index contributed by atoms with van der Waals surface area (Å²) >= 11 is 11.8. The maximum absolute atomic E-state index is 12.1. The molecule has 1 N–H and O–H groups in total. The van der Waals surface area contributed by atoms with E-state index >= 15 is 0 Å². The molecule has 2 rings (SSSR count). The summed E-state index contributed by atoms with van der Waals surface area (Å²) in [5, 5.41) is 3.66. The maximum Gasteiger partial charge on any atom is 0.255 e. The first-order chi connectivity index (χ1) is 9.60. The molecule has 0 saturated carbocycles. The Kier molecular flexibility index (Phi) is 4.88. The quantitative estimate of drug-likeness (QED) is 0.893. The molecular weight excluding hydrogens is 297 g/mol. The molecule has 0 spiro atoms. The predicted octanol–water partition coefficient (Wildman–Crippen LogP) is 4.64. The minimum absolute atomic E-state index is 0.239. The highest BCUT2D eigenvalue weighted by Gasteiger charge is 2.09. The number of hydrogen-bond donors (Lipinski definition) is 1. The fraction of sp³-hybridized carbons (Fsp3) is 0.133. The van der Waals surface area contributed by atoms with Gasteiger partial charge < -0.3 is 10.1 Å². The van der Waals surface area contributed by atoms with Gasteiger partial charge in [0, 0.05) is 10.6 Å². The number of anilines is 1. The second-order valence-corrected chi connectivity index (χ2v) is 4.88. The zero-order chi connectivity index (χ0) is 14.5. The number of carbonyl (C=O) groups is 1. The molecule has 20 heavy (non-hydrogen) atoms. The Morgan fingerprint density at radius 2 is 1.85 bits per heavy atom. The zero-order valence-electron chi connectivity index (χ0n) is 10.8. The minimum atomic E-state index is -0.239. The van der Waals surface area contributed by atoms with Gasteiger partial charge in [-0.25, -0.2) is 0 Å². The summed E-state index contributed by atoms with van der Waals surface area (Å²) < 4.78 is 5.32.